The molecule has 0 aliphatic rings. The summed E-state index contributed by atoms with van der Waals surface area (Å²) in [5.74, 6) is 0.325. The van der Waals surface area contributed by atoms with E-state index in [1.807, 2.05) is 48.7 Å². The van der Waals surface area contributed by atoms with E-state index in [-0.39, 0.29) is 11.7 Å². The highest BCUT2D eigenvalue weighted by Crippen LogP contribution is 2.27. The Morgan fingerprint density at radius 1 is 0.950 bits per heavy atom. The van der Waals surface area contributed by atoms with Crippen LogP contribution in [0.25, 0.3) is 23.1 Å². The first kappa shape index (κ1) is 28.0. The molecule has 9 heteroatoms. The summed E-state index contributed by atoms with van der Waals surface area (Å²) in [5.41, 5.74) is 6.03. The number of amides is 2. The fourth-order valence-corrected chi connectivity index (χ4v) is 4.25. The van der Waals surface area contributed by atoms with Crippen molar-refractivity contribution in [3.05, 3.63) is 101 Å². The van der Waals surface area contributed by atoms with Gasteiger partial charge in [-0.25, -0.2) is 5.48 Å². The monoisotopic (exact) mass is 541 g/mol. The number of phenolic OH excluding ortho intramolecular Hbond substituents is 1. The van der Waals surface area contributed by atoms with Gasteiger partial charge in [-0.15, -0.1) is 0 Å². The Hall–Kier alpha value is -5.02. The number of fused-ring (bicyclic) bond motifs is 1. The molecule has 0 bridgehead atoms. The van der Waals surface area contributed by atoms with Crippen molar-refractivity contribution in [2.75, 3.05) is 20.8 Å². The van der Waals surface area contributed by atoms with Crippen molar-refractivity contribution >= 4 is 34.9 Å². The first-order valence-corrected chi connectivity index (χ1v) is 12.6. The lowest BCUT2D eigenvalue weighted by molar-refractivity contribution is -0.126. The molecule has 9 nitrogen and oxygen atoms in total. The largest absolute Gasteiger partial charge is 0.504 e. The average Bonchev–Trinajstić information content (AvgIpc) is 3.39. The third-order valence-corrected chi connectivity index (χ3v) is 6.45. The molecule has 0 aliphatic carbocycles. The number of aromatic nitrogens is 1. The molecule has 4 N–H and O–H groups in total. The summed E-state index contributed by atoms with van der Waals surface area (Å²) in [5, 5.41) is 19.5. The van der Waals surface area contributed by atoms with Gasteiger partial charge in [0.2, 0.25) is 5.91 Å². The van der Waals surface area contributed by atoms with Crippen molar-refractivity contribution < 1.29 is 29.4 Å². The van der Waals surface area contributed by atoms with Crippen LogP contribution in [0.5, 0.6) is 17.2 Å². The van der Waals surface area contributed by atoms with Gasteiger partial charge in [-0.2, -0.15) is 0 Å². The molecule has 4 aromatic rings. The molecule has 0 spiro atoms. The Morgan fingerprint density at radius 2 is 1.70 bits per heavy atom. The van der Waals surface area contributed by atoms with Crippen LogP contribution in [0.4, 0.5) is 0 Å². The Balaban J connectivity index is 1.54. The molecule has 0 saturated carbocycles. The Kier molecular flexibility index (Phi) is 9.22. The summed E-state index contributed by atoms with van der Waals surface area (Å²) in [6.07, 6.45) is 8.58. The van der Waals surface area contributed by atoms with Crippen molar-refractivity contribution in [1.82, 2.24) is 15.4 Å². The number of rotatable bonds is 11. The van der Waals surface area contributed by atoms with E-state index < -0.39 is 5.91 Å². The zero-order valence-corrected chi connectivity index (χ0v) is 22.3. The van der Waals surface area contributed by atoms with E-state index in [1.54, 1.807) is 41.8 Å². The summed E-state index contributed by atoms with van der Waals surface area (Å²) >= 11 is 0. The number of nitrogens with one attached hydrogen (secondary N) is 2. The molecule has 1 aromatic heterocycles. The lowest BCUT2D eigenvalue weighted by atomic mass is 10.1. The summed E-state index contributed by atoms with van der Waals surface area (Å²) in [4.78, 5) is 29.7. The normalized spacial score (nSPS) is 11.3. The van der Waals surface area contributed by atoms with Crippen LogP contribution in [0.15, 0.2) is 79.0 Å². The van der Waals surface area contributed by atoms with E-state index in [4.69, 9.17) is 14.7 Å². The fourth-order valence-electron chi connectivity index (χ4n) is 4.25. The van der Waals surface area contributed by atoms with Crippen LogP contribution in [-0.2, 0) is 22.6 Å². The van der Waals surface area contributed by atoms with E-state index in [2.05, 4.69) is 4.98 Å². The SMILES string of the molecule is COc1ccc2[nH]cc(CCN(Cc3ccc(/C=C/C(=O)NO)cc3)C(=O)/C=C/c3ccc(O)c(OC)c3)c2c1. The van der Waals surface area contributed by atoms with Crippen LogP contribution < -0.4 is 15.0 Å². The van der Waals surface area contributed by atoms with Crippen LogP contribution in [0.2, 0.25) is 0 Å². The zero-order valence-electron chi connectivity index (χ0n) is 22.3. The topological polar surface area (TPSA) is 124 Å². The van der Waals surface area contributed by atoms with Crippen LogP contribution in [-0.4, -0.2) is 52.8 Å². The zero-order chi connectivity index (χ0) is 28.5. The molecule has 0 atom stereocenters. The minimum atomic E-state index is -0.617. The van der Waals surface area contributed by atoms with Gasteiger partial charge in [0.25, 0.3) is 5.91 Å². The number of hydrogen-bond donors (Lipinski definition) is 4. The second-order valence-corrected chi connectivity index (χ2v) is 9.05. The van der Waals surface area contributed by atoms with E-state index >= 15 is 0 Å². The third-order valence-electron chi connectivity index (χ3n) is 6.45. The molecular weight excluding hydrogens is 510 g/mol. The highest BCUT2D eigenvalue weighted by Gasteiger charge is 2.14. The molecule has 0 saturated heterocycles. The number of ether oxygens (including phenoxy) is 2. The summed E-state index contributed by atoms with van der Waals surface area (Å²) in [7, 11) is 3.10. The van der Waals surface area contributed by atoms with Gasteiger partial charge < -0.3 is 24.5 Å². The number of nitrogens with zero attached hydrogens (tertiary/aromatic N) is 1. The molecule has 1 heterocycles. The van der Waals surface area contributed by atoms with E-state index in [0.29, 0.717) is 25.3 Å². The molecule has 0 fully saturated rings. The van der Waals surface area contributed by atoms with Crippen molar-refractivity contribution in [1.29, 1.82) is 0 Å². The lowest BCUT2D eigenvalue weighted by Gasteiger charge is -2.21. The molecule has 3 aromatic carbocycles. The molecule has 206 valence electrons. The van der Waals surface area contributed by atoms with Crippen molar-refractivity contribution in [2.24, 2.45) is 0 Å². The van der Waals surface area contributed by atoms with Crippen LogP contribution in [0, 0.1) is 0 Å². The molecule has 4 rings (SSSR count). The fraction of sp³-hybridized carbons (Fsp3) is 0.161. The van der Waals surface area contributed by atoms with Crippen LogP contribution in [0.3, 0.4) is 0 Å². The first-order chi connectivity index (χ1) is 19.4. The highest BCUT2D eigenvalue weighted by atomic mass is 16.5. The third kappa shape index (κ3) is 7.09. The maximum Gasteiger partial charge on any atom is 0.267 e. The van der Waals surface area contributed by atoms with Gasteiger partial charge in [0.1, 0.15) is 5.75 Å². The molecule has 0 aliphatic heterocycles. The molecular formula is C31H31N3O6. The summed E-state index contributed by atoms with van der Waals surface area (Å²) < 4.78 is 10.5. The predicted molar refractivity (Wildman–Crippen MR) is 153 cm³/mol. The smallest absolute Gasteiger partial charge is 0.267 e. The quantitative estimate of drug-likeness (QED) is 0.124. The second-order valence-electron chi connectivity index (χ2n) is 9.05. The minimum absolute atomic E-state index is 0.0262. The van der Waals surface area contributed by atoms with E-state index in [0.717, 1.165) is 38.9 Å². The molecule has 40 heavy (non-hydrogen) atoms. The number of carbonyl (C=O) groups excluding carboxylic acids is 2. The maximum atomic E-state index is 13.4. The van der Waals surface area contributed by atoms with Gasteiger partial charge >= 0.3 is 0 Å². The van der Waals surface area contributed by atoms with E-state index in [9.17, 15) is 14.7 Å². The number of aromatic amines is 1. The van der Waals surface area contributed by atoms with Crippen molar-refractivity contribution in [2.45, 2.75) is 13.0 Å². The van der Waals surface area contributed by atoms with Gasteiger partial charge in [0.05, 0.1) is 14.2 Å². The Morgan fingerprint density at radius 3 is 2.42 bits per heavy atom. The van der Waals surface area contributed by atoms with Crippen molar-refractivity contribution in [3.63, 3.8) is 0 Å². The summed E-state index contributed by atoms with van der Waals surface area (Å²) in [6, 6.07) is 18.2. The number of hydrogen-bond acceptors (Lipinski definition) is 6. The first-order valence-electron chi connectivity index (χ1n) is 12.6. The number of hydroxylamine groups is 1. The number of phenols is 1. The highest BCUT2D eigenvalue weighted by molar-refractivity contribution is 5.92. The van der Waals surface area contributed by atoms with Gasteiger partial charge in [0, 0.05) is 42.3 Å². The van der Waals surface area contributed by atoms with Crippen molar-refractivity contribution in [3.8, 4) is 17.2 Å². The standard InChI is InChI=1S/C31H31N3O6/c1-39-25-10-11-27-26(18-25)24(19-32-27)15-16-34(20-23-5-3-21(4-6-23)8-13-30(36)33-38)31(37)14-9-22-7-12-28(35)29(17-22)40-2/h3-14,17-19,32,35,38H,15-16,20H2,1-2H3,(H,33,36)/b13-8+,14-9+. The lowest BCUT2D eigenvalue weighted by Crippen LogP contribution is -2.31. The maximum absolute atomic E-state index is 13.4. The number of H-pyrrole nitrogens is 1. The molecule has 0 radical (unpaired) electrons. The van der Waals surface area contributed by atoms with E-state index in [1.165, 1.54) is 25.3 Å². The summed E-state index contributed by atoms with van der Waals surface area (Å²) in [6.45, 7) is 0.833. The Bertz CT molecular complexity index is 1540. The molecule has 2 amide bonds. The Labute approximate surface area is 231 Å². The van der Waals surface area contributed by atoms with Gasteiger partial charge in [0.15, 0.2) is 11.5 Å². The van der Waals surface area contributed by atoms with Gasteiger partial charge in [-0.3, -0.25) is 14.8 Å². The van der Waals surface area contributed by atoms with Crippen LogP contribution in [0.1, 0.15) is 22.3 Å². The second kappa shape index (κ2) is 13.2. The minimum Gasteiger partial charge on any atom is -0.504 e. The molecule has 0 unspecified atom stereocenters. The average molecular weight is 542 g/mol. The number of carbonyl (C=O) groups is 2. The number of benzene rings is 3. The number of aromatic hydroxyl groups is 1. The predicted octanol–water partition coefficient (Wildman–Crippen LogP) is 4.69. The van der Waals surface area contributed by atoms with Crippen LogP contribution >= 0.6 is 0 Å². The van der Waals surface area contributed by atoms with Gasteiger partial charge in [-0.05, 0) is 71.2 Å². The number of methoxy groups -OCH3 is 2. The van der Waals surface area contributed by atoms with Gasteiger partial charge in [-0.1, -0.05) is 30.3 Å².